The molecule has 0 amide bonds. The minimum atomic E-state index is -1.57. The van der Waals surface area contributed by atoms with E-state index in [2.05, 4.69) is 14.8 Å². The van der Waals surface area contributed by atoms with Gasteiger partial charge in [0.2, 0.25) is 0 Å². The molecule has 0 spiro atoms. The van der Waals surface area contributed by atoms with Gasteiger partial charge in [-0.25, -0.2) is 4.79 Å². The van der Waals surface area contributed by atoms with Gasteiger partial charge in [0.15, 0.2) is 30.6 Å². The van der Waals surface area contributed by atoms with E-state index in [1.807, 2.05) is 0 Å². The van der Waals surface area contributed by atoms with Gasteiger partial charge in [-0.1, -0.05) is 5.11 Å². The van der Waals surface area contributed by atoms with Gasteiger partial charge in [0.25, 0.3) is 0 Å². The molecule has 1 aliphatic heterocycles. The van der Waals surface area contributed by atoms with Crippen molar-refractivity contribution in [1.29, 1.82) is 0 Å². The highest BCUT2D eigenvalue weighted by molar-refractivity contribution is 5.77. The number of esters is 4. The number of nitrogens with zero attached hydrogens (tertiary/aromatic N) is 3. The van der Waals surface area contributed by atoms with Gasteiger partial charge in [0.05, 0.1) is 7.11 Å². The third-order valence-electron chi connectivity index (χ3n) is 3.02. The van der Waals surface area contributed by atoms with Crippen LogP contribution < -0.4 is 0 Å². The standard InChI is InChI=1S/C13H17N3O9/c1-5(17)22-8-9(23-6(2)18)11(13(20)21-4)25-12(15-16-14)10(8)24-7(3)19/h8-12H,1-4H3/t8-,9-,10+,11+,12-/m0/s1. The van der Waals surface area contributed by atoms with Crippen molar-refractivity contribution in [2.75, 3.05) is 7.11 Å². The summed E-state index contributed by atoms with van der Waals surface area (Å²) in [4.78, 5) is 48.6. The molecule has 138 valence electrons. The van der Waals surface area contributed by atoms with Crippen molar-refractivity contribution in [2.24, 2.45) is 5.11 Å². The molecule has 0 unspecified atom stereocenters. The maximum absolute atomic E-state index is 11.9. The number of ether oxygens (including phenoxy) is 5. The second-order valence-corrected chi connectivity index (χ2v) is 4.90. The van der Waals surface area contributed by atoms with E-state index in [0.29, 0.717) is 0 Å². The van der Waals surface area contributed by atoms with E-state index in [4.69, 9.17) is 24.5 Å². The molecule has 0 aromatic rings. The van der Waals surface area contributed by atoms with Crippen molar-refractivity contribution < 1.29 is 42.9 Å². The lowest BCUT2D eigenvalue weighted by atomic mass is 9.97. The molecule has 12 nitrogen and oxygen atoms in total. The van der Waals surface area contributed by atoms with Gasteiger partial charge in [-0.15, -0.1) is 0 Å². The van der Waals surface area contributed by atoms with Gasteiger partial charge in [-0.3, -0.25) is 14.4 Å². The third kappa shape index (κ3) is 5.33. The number of rotatable bonds is 5. The molecular weight excluding hydrogens is 342 g/mol. The van der Waals surface area contributed by atoms with E-state index >= 15 is 0 Å². The summed E-state index contributed by atoms with van der Waals surface area (Å²) in [6.07, 6.45) is -7.47. The summed E-state index contributed by atoms with van der Waals surface area (Å²) in [5, 5.41) is 3.30. The zero-order chi connectivity index (χ0) is 19.1. The molecule has 0 aliphatic carbocycles. The Morgan fingerprint density at radius 2 is 1.40 bits per heavy atom. The highest BCUT2D eigenvalue weighted by Gasteiger charge is 2.54. The minimum Gasteiger partial charge on any atom is -0.467 e. The Morgan fingerprint density at radius 1 is 0.920 bits per heavy atom. The Morgan fingerprint density at radius 3 is 1.84 bits per heavy atom. The first kappa shape index (κ1) is 20.2. The molecule has 0 saturated carbocycles. The Kier molecular flexibility index (Phi) is 7.15. The Bertz CT molecular complexity index is 602. The molecule has 1 fully saturated rings. The topological polar surface area (TPSA) is 163 Å². The van der Waals surface area contributed by atoms with Crippen molar-refractivity contribution in [3.05, 3.63) is 10.4 Å². The van der Waals surface area contributed by atoms with Crippen LogP contribution >= 0.6 is 0 Å². The van der Waals surface area contributed by atoms with Crippen molar-refractivity contribution in [1.82, 2.24) is 0 Å². The van der Waals surface area contributed by atoms with Gasteiger partial charge < -0.3 is 23.7 Å². The molecule has 0 bridgehead atoms. The lowest BCUT2D eigenvalue weighted by molar-refractivity contribution is -0.247. The van der Waals surface area contributed by atoms with Crippen LogP contribution in [0, 0.1) is 0 Å². The van der Waals surface area contributed by atoms with Crippen LogP contribution in [0.4, 0.5) is 0 Å². The predicted octanol–water partition coefficient (Wildman–Crippen LogP) is -0.0103. The molecule has 1 rings (SSSR count). The number of hydrogen-bond acceptors (Lipinski definition) is 10. The molecule has 0 aromatic heterocycles. The number of carbonyl (C=O) groups excluding carboxylic acids is 4. The second kappa shape index (κ2) is 8.85. The van der Waals surface area contributed by atoms with E-state index in [9.17, 15) is 19.2 Å². The molecule has 25 heavy (non-hydrogen) atoms. The van der Waals surface area contributed by atoms with E-state index in [1.54, 1.807) is 0 Å². The summed E-state index contributed by atoms with van der Waals surface area (Å²) < 4.78 is 24.9. The maximum Gasteiger partial charge on any atom is 0.339 e. The molecular formula is C13H17N3O9. The summed E-state index contributed by atoms with van der Waals surface area (Å²) in [6.45, 7) is 3.17. The van der Waals surface area contributed by atoms with Gasteiger partial charge in [-0.2, -0.15) is 0 Å². The van der Waals surface area contributed by atoms with Crippen LogP contribution in [-0.2, 0) is 42.9 Å². The molecule has 0 N–H and O–H groups in total. The first-order chi connectivity index (χ1) is 11.7. The van der Waals surface area contributed by atoms with E-state index in [1.165, 1.54) is 0 Å². The molecule has 5 atom stereocenters. The monoisotopic (exact) mass is 359 g/mol. The zero-order valence-corrected chi connectivity index (χ0v) is 13.9. The van der Waals surface area contributed by atoms with E-state index in [0.717, 1.165) is 27.9 Å². The fraction of sp³-hybridized carbons (Fsp3) is 0.692. The molecule has 0 radical (unpaired) electrons. The number of methoxy groups -OCH3 is 1. The third-order valence-corrected chi connectivity index (χ3v) is 3.02. The smallest absolute Gasteiger partial charge is 0.339 e. The van der Waals surface area contributed by atoms with Crippen LogP contribution in [0.2, 0.25) is 0 Å². The fourth-order valence-electron chi connectivity index (χ4n) is 2.24. The summed E-state index contributed by atoms with van der Waals surface area (Å²) in [5.41, 5.74) is 8.66. The molecule has 1 heterocycles. The Balaban J connectivity index is 3.38. The normalized spacial score (nSPS) is 28.1. The van der Waals surface area contributed by atoms with Gasteiger partial charge >= 0.3 is 23.9 Å². The van der Waals surface area contributed by atoms with Crippen LogP contribution in [0.1, 0.15) is 20.8 Å². The molecule has 0 aromatic carbocycles. The van der Waals surface area contributed by atoms with Crippen molar-refractivity contribution in [3.8, 4) is 0 Å². The van der Waals surface area contributed by atoms with Crippen LogP contribution in [0.15, 0.2) is 5.11 Å². The zero-order valence-electron chi connectivity index (χ0n) is 13.9. The summed E-state index contributed by atoms with van der Waals surface area (Å²) in [5.74, 6) is -3.40. The highest BCUT2D eigenvalue weighted by Crippen LogP contribution is 2.30. The van der Waals surface area contributed by atoms with Crippen LogP contribution in [0.25, 0.3) is 10.4 Å². The average molecular weight is 359 g/mol. The molecule has 1 aliphatic rings. The van der Waals surface area contributed by atoms with E-state index < -0.39 is 54.5 Å². The largest absolute Gasteiger partial charge is 0.467 e. The molecule has 12 heteroatoms. The summed E-state index contributed by atoms with van der Waals surface area (Å²) in [6, 6.07) is 0. The van der Waals surface area contributed by atoms with Crippen molar-refractivity contribution in [2.45, 2.75) is 51.4 Å². The number of hydrogen-bond donors (Lipinski definition) is 0. The number of azide groups is 1. The van der Waals surface area contributed by atoms with Crippen molar-refractivity contribution >= 4 is 23.9 Å². The Hall–Kier alpha value is -2.85. The second-order valence-electron chi connectivity index (χ2n) is 4.90. The maximum atomic E-state index is 11.9. The van der Waals surface area contributed by atoms with Crippen LogP contribution in [-0.4, -0.2) is 61.6 Å². The van der Waals surface area contributed by atoms with Crippen LogP contribution in [0.5, 0.6) is 0 Å². The predicted molar refractivity (Wildman–Crippen MR) is 76.5 cm³/mol. The fourth-order valence-corrected chi connectivity index (χ4v) is 2.24. The lowest BCUT2D eigenvalue weighted by Gasteiger charge is -2.42. The highest BCUT2D eigenvalue weighted by atomic mass is 16.7. The number of carbonyl (C=O) groups is 4. The molecule has 1 saturated heterocycles. The summed E-state index contributed by atoms with van der Waals surface area (Å²) in [7, 11) is 1.05. The van der Waals surface area contributed by atoms with Gasteiger partial charge in [-0.05, 0) is 5.53 Å². The first-order valence-corrected chi connectivity index (χ1v) is 7.00. The SMILES string of the molecule is COC(=O)[C@@H]1O[C@H](N=[N+]=[N-])[C@H](OC(C)=O)[C@@H](OC(C)=O)[C@@H]1OC(C)=O. The minimum absolute atomic E-state index is 0.804. The lowest BCUT2D eigenvalue weighted by Crippen LogP contribution is -2.62. The van der Waals surface area contributed by atoms with Crippen molar-refractivity contribution in [3.63, 3.8) is 0 Å². The average Bonchev–Trinajstić information content (AvgIpc) is 2.50. The van der Waals surface area contributed by atoms with Gasteiger partial charge in [0, 0.05) is 25.7 Å². The van der Waals surface area contributed by atoms with Crippen LogP contribution in [0.3, 0.4) is 0 Å². The van der Waals surface area contributed by atoms with Gasteiger partial charge in [0.1, 0.15) is 0 Å². The quantitative estimate of drug-likeness (QED) is 0.216. The summed E-state index contributed by atoms with van der Waals surface area (Å²) >= 11 is 0. The first-order valence-electron chi connectivity index (χ1n) is 7.00. The van der Waals surface area contributed by atoms with E-state index in [-0.39, 0.29) is 0 Å². The Labute approximate surface area is 141 Å².